The average Bonchev–Trinajstić information content (AvgIpc) is 3.10. The third-order valence-corrected chi connectivity index (χ3v) is 4.73. The first-order valence-corrected chi connectivity index (χ1v) is 9.21. The third-order valence-electron chi connectivity index (χ3n) is 3.53. The molecule has 1 aromatic carbocycles. The Bertz CT molecular complexity index is 806. The summed E-state index contributed by atoms with van der Waals surface area (Å²) < 4.78 is 0. The lowest BCUT2D eigenvalue weighted by molar-refractivity contribution is -0.139. The van der Waals surface area contributed by atoms with E-state index in [0.29, 0.717) is 11.3 Å². The summed E-state index contributed by atoms with van der Waals surface area (Å²) in [6.07, 6.45) is 0.316. The van der Waals surface area contributed by atoms with Crippen molar-refractivity contribution in [2.45, 2.75) is 26.3 Å². The second kappa shape index (κ2) is 8.82. The molecule has 0 aliphatic heterocycles. The minimum absolute atomic E-state index is 0.113. The van der Waals surface area contributed by atoms with E-state index in [0.717, 1.165) is 0 Å². The number of thiophene rings is 1. The molecule has 138 valence electrons. The normalized spacial score (nSPS) is 11.8. The summed E-state index contributed by atoms with van der Waals surface area (Å²) in [4.78, 5) is 36.4. The van der Waals surface area contributed by atoms with Gasteiger partial charge in [-0.25, -0.2) is 4.79 Å². The molecule has 0 bridgehead atoms. The van der Waals surface area contributed by atoms with E-state index in [4.69, 9.17) is 11.6 Å². The Hall–Kier alpha value is -2.38. The van der Waals surface area contributed by atoms with Crippen LogP contribution < -0.4 is 10.6 Å². The quantitative estimate of drug-likeness (QED) is 0.664. The van der Waals surface area contributed by atoms with Crippen molar-refractivity contribution in [1.29, 1.82) is 0 Å². The average molecular weight is 395 g/mol. The number of aliphatic carboxylic acids is 1. The van der Waals surface area contributed by atoms with Gasteiger partial charge in [0.1, 0.15) is 6.04 Å². The summed E-state index contributed by atoms with van der Waals surface area (Å²) in [7, 11) is 0. The fourth-order valence-electron chi connectivity index (χ4n) is 2.29. The lowest BCUT2D eigenvalue weighted by Gasteiger charge is -2.17. The maximum atomic E-state index is 12.4. The maximum absolute atomic E-state index is 12.4. The molecule has 8 heteroatoms. The minimum atomic E-state index is -1.09. The number of carbonyl (C=O) groups is 3. The zero-order chi connectivity index (χ0) is 19.3. The number of hydrogen-bond acceptors (Lipinski definition) is 4. The first kappa shape index (κ1) is 19.9. The maximum Gasteiger partial charge on any atom is 0.326 e. The van der Waals surface area contributed by atoms with E-state index >= 15 is 0 Å². The molecule has 0 saturated heterocycles. The molecule has 2 aromatic rings. The zero-order valence-corrected chi connectivity index (χ0v) is 15.9. The fourth-order valence-corrected chi connectivity index (χ4v) is 3.07. The smallest absolute Gasteiger partial charge is 0.326 e. The molecule has 6 nitrogen and oxygen atoms in total. The summed E-state index contributed by atoms with van der Waals surface area (Å²) in [6, 6.07) is 6.84. The molecule has 0 saturated carbocycles. The molecule has 2 amide bonds. The molecule has 26 heavy (non-hydrogen) atoms. The van der Waals surface area contributed by atoms with Crippen molar-refractivity contribution in [3.8, 4) is 0 Å². The molecule has 0 radical (unpaired) electrons. The number of hydrogen-bond donors (Lipinski definition) is 3. The van der Waals surface area contributed by atoms with Crippen molar-refractivity contribution >= 4 is 46.4 Å². The molecule has 3 N–H and O–H groups in total. The van der Waals surface area contributed by atoms with Gasteiger partial charge >= 0.3 is 5.97 Å². The van der Waals surface area contributed by atoms with Gasteiger partial charge in [-0.05, 0) is 42.0 Å². The Labute approximate surface area is 160 Å². The first-order valence-electron chi connectivity index (χ1n) is 7.96. The molecule has 0 aliphatic carbocycles. The Morgan fingerprint density at radius 3 is 2.50 bits per heavy atom. The number of halogens is 1. The number of benzene rings is 1. The van der Waals surface area contributed by atoms with Crippen molar-refractivity contribution in [3.63, 3.8) is 0 Å². The van der Waals surface area contributed by atoms with Crippen molar-refractivity contribution in [3.05, 3.63) is 51.2 Å². The van der Waals surface area contributed by atoms with Crippen LogP contribution in [0.5, 0.6) is 0 Å². The van der Waals surface area contributed by atoms with Crippen LogP contribution in [0.2, 0.25) is 5.02 Å². The lowest BCUT2D eigenvalue weighted by atomic mass is 10.0. The van der Waals surface area contributed by atoms with Crippen molar-refractivity contribution in [2.24, 2.45) is 5.92 Å². The summed E-state index contributed by atoms with van der Waals surface area (Å²) in [5.41, 5.74) is 0.499. The van der Waals surface area contributed by atoms with Crippen molar-refractivity contribution < 1.29 is 19.5 Å². The highest BCUT2D eigenvalue weighted by molar-refractivity contribution is 7.12. The number of amides is 2. The number of anilines is 1. The Kier molecular flexibility index (Phi) is 6.76. The predicted octanol–water partition coefficient (Wildman–Crippen LogP) is 3.88. The highest BCUT2D eigenvalue weighted by Gasteiger charge is 2.22. The van der Waals surface area contributed by atoms with Gasteiger partial charge in [0.25, 0.3) is 11.8 Å². The summed E-state index contributed by atoms with van der Waals surface area (Å²) >= 11 is 7.38. The zero-order valence-electron chi connectivity index (χ0n) is 14.3. The van der Waals surface area contributed by atoms with E-state index in [-0.39, 0.29) is 28.1 Å². The summed E-state index contributed by atoms with van der Waals surface area (Å²) in [5, 5.41) is 16.5. The van der Waals surface area contributed by atoms with Gasteiger partial charge in [-0.3, -0.25) is 9.59 Å². The molecular formula is C18H19ClN2O4S. The standard InChI is InChI=1S/C18H19ClN2O4S/c1-10(2)8-14(18(24)25)21-16(22)11-5-6-12(19)13(9-11)20-17(23)15-4-3-7-26-15/h3-7,9-10,14H,8H2,1-2H3,(H,20,23)(H,21,22)(H,24,25)/t14-/m0/s1. The van der Waals surface area contributed by atoms with Crippen LogP contribution in [-0.2, 0) is 4.79 Å². The van der Waals surface area contributed by atoms with Crippen LogP contribution in [-0.4, -0.2) is 28.9 Å². The molecule has 1 atom stereocenters. The highest BCUT2D eigenvalue weighted by atomic mass is 35.5. The van der Waals surface area contributed by atoms with Gasteiger partial charge in [0.2, 0.25) is 0 Å². The van der Waals surface area contributed by atoms with Crippen LogP contribution >= 0.6 is 22.9 Å². The summed E-state index contributed by atoms with van der Waals surface area (Å²) in [6.45, 7) is 3.76. The highest BCUT2D eigenvalue weighted by Crippen LogP contribution is 2.24. The Balaban J connectivity index is 2.15. The van der Waals surface area contributed by atoms with Gasteiger partial charge in [0, 0.05) is 5.56 Å². The Morgan fingerprint density at radius 2 is 1.92 bits per heavy atom. The van der Waals surface area contributed by atoms with E-state index in [2.05, 4.69) is 10.6 Å². The Morgan fingerprint density at radius 1 is 1.19 bits per heavy atom. The topological polar surface area (TPSA) is 95.5 Å². The molecular weight excluding hydrogens is 376 g/mol. The number of carboxylic acids is 1. The number of nitrogens with one attached hydrogen (secondary N) is 2. The van der Waals surface area contributed by atoms with Crippen molar-refractivity contribution in [1.82, 2.24) is 5.32 Å². The van der Waals surface area contributed by atoms with Gasteiger partial charge in [0.15, 0.2) is 0 Å². The number of rotatable bonds is 7. The van der Waals surface area contributed by atoms with E-state index < -0.39 is 17.9 Å². The molecule has 0 aliphatic rings. The molecule has 1 aromatic heterocycles. The molecule has 0 unspecified atom stereocenters. The van der Waals surface area contributed by atoms with Crippen LogP contribution in [0.25, 0.3) is 0 Å². The lowest BCUT2D eigenvalue weighted by Crippen LogP contribution is -2.41. The first-order chi connectivity index (χ1) is 12.3. The fraction of sp³-hybridized carbons (Fsp3) is 0.278. The molecule has 2 rings (SSSR count). The van der Waals surface area contributed by atoms with E-state index in [9.17, 15) is 19.5 Å². The second-order valence-corrected chi connectivity index (χ2v) is 7.47. The monoisotopic (exact) mass is 394 g/mol. The van der Waals surface area contributed by atoms with Crippen molar-refractivity contribution in [2.75, 3.05) is 5.32 Å². The minimum Gasteiger partial charge on any atom is -0.480 e. The number of carbonyl (C=O) groups excluding carboxylic acids is 2. The van der Waals surface area contributed by atoms with Crippen LogP contribution in [0.3, 0.4) is 0 Å². The molecule has 1 heterocycles. The van der Waals surface area contributed by atoms with Gasteiger partial charge in [-0.1, -0.05) is 31.5 Å². The third kappa shape index (κ3) is 5.31. The van der Waals surface area contributed by atoms with Gasteiger partial charge in [-0.2, -0.15) is 0 Å². The molecule has 0 spiro atoms. The predicted molar refractivity (Wildman–Crippen MR) is 102 cm³/mol. The second-order valence-electron chi connectivity index (χ2n) is 6.12. The van der Waals surface area contributed by atoms with Gasteiger partial charge in [0.05, 0.1) is 15.6 Å². The van der Waals surface area contributed by atoms with Crippen LogP contribution in [0, 0.1) is 5.92 Å². The van der Waals surface area contributed by atoms with E-state index in [1.54, 1.807) is 17.5 Å². The van der Waals surface area contributed by atoms with Gasteiger partial charge < -0.3 is 15.7 Å². The largest absolute Gasteiger partial charge is 0.480 e. The SMILES string of the molecule is CC(C)C[C@H](NC(=O)c1ccc(Cl)c(NC(=O)c2cccs2)c1)C(=O)O. The number of carboxylic acid groups (broad SMARTS) is 1. The van der Waals surface area contributed by atoms with Gasteiger partial charge in [-0.15, -0.1) is 11.3 Å². The van der Waals surface area contributed by atoms with Crippen LogP contribution in [0.4, 0.5) is 5.69 Å². The summed E-state index contributed by atoms with van der Waals surface area (Å²) in [5.74, 6) is -1.85. The van der Waals surface area contributed by atoms with Crippen LogP contribution in [0.1, 0.15) is 40.3 Å². The van der Waals surface area contributed by atoms with E-state index in [1.165, 1.54) is 29.5 Å². The molecule has 0 fully saturated rings. The van der Waals surface area contributed by atoms with Crippen LogP contribution in [0.15, 0.2) is 35.7 Å². The van der Waals surface area contributed by atoms with E-state index in [1.807, 2.05) is 13.8 Å².